The van der Waals surface area contributed by atoms with Crippen molar-refractivity contribution in [1.29, 1.82) is 0 Å². The maximum Gasteiger partial charge on any atom is 0.328 e. The third kappa shape index (κ3) is 5.37. The lowest BCUT2D eigenvalue weighted by molar-refractivity contribution is -0.148. The molecule has 0 unspecified atom stereocenters. The summed E-state index contributed by atoms with van der Waals surface area (Å²) in [5.74, 6) is 0.500. The van der Waals surface area contributed by atoms with Crippen molar-refractivity contribution in [3.63, 3.8) is 0 Å². The van der Waals surface area contributed by atoms with E-state index in [-0.39, 0.29) is 17.8 Å². The fourth-order valence-corrected chi connectivity index (χ4v) is 5.39. The molecule has 0 aromatic carbocycles. The second-order valence-corrected chi connectivity index (χ2v) is 8.51. The Balaban J connectivity index is 1.87. The van der Waals surface area contributed by atoms with E-state index in [4.69, 9.17) is 4.74 Å². The zero-order valence-corrected chi connectivity index (χ0v) is 17.9. The zero-order chi connectivity index (χ0) is 20.6. The van der Waals surface area contributed by atoms with Crippen LogP contribution in [0.25, 0.3) is 0 Å². The highest BCUT2D eigenvalue weighted by atomic mass is 16.5. The summed E-state index contributed by atoms with van der Waals surface area (Å²) in [6.07, 6.45) is 13.4. The van der Waals surface area contributed by atoms with E-state index in [9.17, 15) is 9.59 Å². The number of nitrogens with zero attached hydrogens (tertiary/aromatic N) is 3. The largest absolute Gasteiger partial charge is 0.464 e. The van der Waals surface area contributed by atoms with E-state index in [0.717, 1.165) is 25.7 Å². The molecule has 0 bridgehead atoms. The third-order valence-electron chi connectivity index (χ3n) is 6.75. The Morgan fingerprint density at radius 3 is 2.17 bits per heavy atom. The van der Waals surface area contributed by atoms with Gasteiger partial charge in [-0.3, -0.25) is 4.79 Å². The smallest absolute Gasteiger partial charge is 0.328 e. The predicted octanol–water partition coefficient (Wildman–Crippen LogP) is 3.74. The number of aromatic nitrogens is 3. The van der Waals surface area contributed by atoms with Gasteiger partial charge in [0.2, 0.25) is 0 Å². The standard InChI is InChI=1S/C22H36N4O3/c1-3-26-18(15-23-25-26)21(27)24-20(22(28)29-4-2)19(16-11-7-5-8-12-16)17-13-9-6-10-14-17/h15-17,19-20H,3-14H2,1-2H3,(H,24,27)/t20-/m0/s1. The maximum atomic E-state index is 13.1. The van der Waals surface area contributed by atoms with Crippen molar-refractivity contribution in [3.05, 3.63) is 11.9 Å². The van der Waals surface area contributed by atoms with E-state index in [0.29, 0.717) is 30.7 Å². The lowest BCUT2D eigenvalue weighted by atomic mass is 9.66. The molecule has 2 aliphatic rings. The molecule has 2 fully saturated rings. The first kappa shape index (κ1) is 21.8. The van der Waals surface area contributed by atoms with Gasteiger partial charge in [-0.25, -0.2) is 9.48 Å². The number of hydrogen-bond donors (Lipinski definition) is 1. The molecule has 1 N–H and O–H groups in total. The Morgan fingerprint density at radius 2 is 1.66 bits per heavy atom. The number of ether oxygens (including phenoxy) is 1. The number of nitrogens with one attached hydrogen (secondary N) is 1. The van der Waals surface area contributed by atoms with Crippen LogP contribution >= 0.6 is 0 Å². The monoisotopic (exact) mass is 404 g/mol. The lowest BCUT2D eigenvalue weighted by Gasteiger charge is -2.41. The summed E-state index contributed by atoms with van der Waals surface area (Å²) in [4.78, 5) is 26.1. The van der Waals surface area contributed by atoms with Gasteiger partial charge in [-0.1, -0.05) is 69.4 Å². The van der Waals surface area contributed by atoms with Crippen LogP contribution in [0.1, 0.15) is 88.5 Å². The highest BCUT2D eigenvalue weighted by molar-refractivity contribution is 5.95. The quantitative estimate of drug-likeness (QED) is 0.667. The second-order valence-electron chi connectivity index (χ2n) is 8.51. The van der Waals surface area contributed by atoms with Crippen LogP contribution in [0.4, 0.5) is 0 Å². The van der Waals surface area contributed by atoms with Gasteiger partial charge in [0, 0.05) is 6.54 Å². The van der Waals surface area contributed by atoms with Crippen molar-refractivity contribution in [2.45, 2.75) is 90.6 Å². The molecule has 0 aliphatic heterocycles. The molecule has 2 aliphatic carbocycles. The minimum Gasteiger partial charge on any atom is -0.464 e. The SMILES string of the molecule is CCOC(=O)[C@@H](NC(=O)c1cnnn1CC)C(C1CCCCC1)C1CCCCC1. The number of aryl methyl sites for hydroxylation is 1. The molecule has 3 rings (SSSR count). The molecule has 1 aromatic rings. The van der Waals surface area contributed by atoms with Gasteiger partial charge in [-0.05, 0) is 31.6 Å². The van der Waals surface area contributed by atoms with Crippen molar-refractivity contribution in [2.75, 3.05) is 6.61 Å². The van der Waals surface area contributed by atoms with Crippen molar-refractivity contribution >= 4 is 11.9 Å². The summed E-state index contributed by atoms with van der Waals surface area (Å²) >= 11 is 0. The molecule has 1 amide bonds. The highest BCUT2D eigenvalue weighted by Gasteiger charge is 2.42. The van der Waals surface area contributed by atoms with E-state index in [1.165, 1.54) is 44.7 Å². The first-order valence-corrected chi connectivity index (χ1v) is 11.5. The molecule has 1 aromatic heterocycles. The Hall–Kier alpha value is -1.92. The van der Waals surface area contributed by atoms with Crippen LogP contribution in [0.2, 0.25) is 0 Å². The fourth-order valence-electron chi connectivity index (χ4n) is 5.39. The summed E-state index contributed by atoms with van der Waals surface area (Å²) in [5, 5.41) is 10.9. The van der Waals surface area contributed by atoms with Gasteiger partial charge in [-0.2, -0.15) is 0 Å². The van der Waals surface area contributed by atoms with Crippen LogP contribution in [0.15, 0.2) is 6.20 Å². The maximum absolute atomic E-state index is 13.1. The van der Waals surface area contributed by atoms with Crippen molar-refractivity contribution in [3.8, 4) is 0 Å². The van der Waals surface area contributed by atoms with Gasteiger partial charge in [-0.15, -0.1) is 5.10 Å². The third-order valence-corrected chi connectivity index (χ3v) is 6.75. The van der Waals surface area contributed by atoms with Gasteiger partial charge >= 0.3 is 5.97 Å². The average Bonchev–Trinajstić information content (AvgIpc) is 3.24. The molecule has 2 saturated carbocycles. The molecule has 162 valence electrons. The summed E-state index contributed by atoms with van der Waals surface area (Å²) in [5.41, 5.74) is 0.396. The van der Waals surface area contributed by atoms with Crippen LogP contribution in [-0.4, -0.2) is 39.5 Å². The molecular weight excluding hydrogens is 368 g/mol. The minimum absolute atomic E-state index is 0.143. The highest BCUT2D eigenvalue weighted by Crippen LogP contribution is 2.42. The van der Waals surface area contributed by atoms with Crippen molar-refractivity contribution < 1.29 is 14.3 Å². The van der Waals surface area contributed by atoms with Gasteiger partial charge in [0.15, 0.2) is 0 Å². The van der Waals surface area contributed by atoms with Crippen LogP contribution in [0.3, 0.4) is 0 Å². The van der Waals surface area contributed by atoms with E-state index in [2.05, 4.69) is 15.6 Å². The number of carbonyl (C=O) groups excluding carboxylic acids is 2. The average molecular weight is 405 g/mol. The van der Waals surface area contributed by atoms with Crippen molar-refractivity contribution in [1.82, 2.24) is 20.3 Å². The summed E-state index contributed by atoms with van der Waals surface area (Å²) in [6, 6.07) is -0.603. The number of hydrogen-bond acceptors (Lipinski definition) is 5. The van der Waals surface area contributed by atoms with Crippen LogP contribution in [0, 0.1) is 17.8 Å². The first-order valence-electron chi connectivity index (χ1n) is 11.5. The normalized spacial score (nSPS) is 19.8. The summed E-state index contributed by atoms with van der Waals surface area (Å²) in [7, 11) is 0. The molecule has 0 spiro atoms. The van der Waals surface area contributed by atoms with E-state index >= 15 is 0 Å². The summed E-state index contributed by atoms with van der Waals surface area (Å²) < 4.78 is 7.01. The van der Waals surface area contributed by atoms with E-state index in [1.807, 2.05) is 13.8 Å². The number of esters is 1. The molecule has 7 nitrogen and oxygen atoms in total. The number of amides is 1. The molecule has 0 radical (unpaired) electrons. The van der Waals surface area contributed by atoms with Crippen LogP contribution < -0.4 is 5.32 Å². The van der Waals surface area contributed by atoms with Gasteiger partial charge in [0.25, 0.3) is 5.91 Å². The topological polar surface area (TPSA) is 86.1 Å². The Kier molecular flexibility index (Phi) is 8.07. The van der Waals surface area contributed by atoms with Gasteiger partial charge < -0.3 is 10.1 Å². The van der Waals surface area contributed by atoms with Crippen LogP contribution in [-0.2, 0) is 16.1 Å². The van der Waals surface area contributed by atoms with Crippen molar-refractivity contribution in [2.24, 2.45) is 17.8 Å². The van der Waals surface area contributed by atoms with E-state index < -0.39 is 6.04 Å². The Morgan fingerprint density at radius 1 is 1.07 bits per heavy atom. The molecular formula is C22H36N4O3. The summed E-state index contributed by atoms with van der Waals surface area (Å²) in [6.45, 7) is 4.62. The molecule has 0 saturated heterocycles. The molecule has 7 heteroatoms. The Bertz CT molecular complexity index is 645. The number of rotatable bonds is 8. The minimum atomic E-state index is -0.603. The van der Waals surface area contributed by atoms with E-state index in [1.54, 1.807) is 4.68 Å². The van der Waals surface area contributed by atoms with Gasteiger partial charge in [0.1, 0.15) is 11.7 Å². The van der Waals surface area contributed by atoms with Gasteiger partial charge in [0.05, 0.1) is 12.8 Å². The van der Waals surface area contributed by atoms with Crippen LogP contribution in [0.5, 0.6) is 0 Å². The Labute approximate surface area is 174 Å². The fraction of sp³-hybridized carbons (Fsp3) is 0.818. The number of carbonyl (C=O) groups is 2. The first-order chi connectivity index (χ1) is 14.2. The zero-order valence-electron chi connectivity index (χ0n) is 17.9. The molecule has 29 heavy (non-hydrogen) atoms. The second kappa shape index (κ2) is 10.7. The molecule has 1 heterocycles. The lowest BCUT2D eigenvalue weighted by Crippen LogP contribution is -2.52. The molecule has 1 atom stereocenters. The predicted molar refractivity (Wildman–Crippen MR) is 110 cm³/mol.